The average Bonchev–Trinajstić information content (AvgIpc) is 2.68. The van der Waals surface area contributed by atoms with Gasteiger partial charge in [-0.1, -0.05) is 30.3 Å². The lowest BCUT2D eigenvalue weighted by Gasteiger charge is -2.12. The van der Waals surface area contributed by atoms with Gasteiger partial charge in [0.25, 0.3) is 10.0 Å². The van der Waals surface area contributed by atoms with Crippen LogP contribution >= 0.6 is 0 Å². The SMILES string of the molecule is COc1ccc(C)cc1S(=O)(=O)Nc1ccc(NCc2ccccc2C)cn1. The second kappa shape index (κ2) is 8.31. The van der Waals surface area contributed by atoms with Gasteiger partial charge < -0.3 is 10.1 Å². The zero-order chi connectivity index (χ0) is 20.1. The topological polar surface area (TPSA) is 80.3 Å². The lowest BCUT2D eigenvalue weighted by atomic mass is 10.1. The molecule has 0 atom stereocenters. The number of hydrogen-bond acceptors (Lipinski definition) is 5. The second-order valence-corrected chi connectivity index (χ2v) is 8.12. The minimum Gasteiger partial charge on any atom is -0.495 e. The third-order valence-electron chi connectivity index (χ3n) is 4.36. The van der Waals surface area contributed by atoms with Gasteiger partial charge in [0.05, 0.1) is 19.0 Å². The first-order valence-electron chi connectivity index (χ1n) is 8.81. The molecule has 0 spiro atoms. The van der Waals surface area contributed by atoms with E-state index in [0.29, 0.717) is 6.54 Å². The molecule has 1 heterocycles. The molecule has 0 saturated heterocycles. The number of hydrogen-bond donors (Lipinski definition) is 2. The van der Waals surface area contributed by atoms with Gasteiger partial charge in [-0.3, -0.25) is 4.72 Å². The van der Waals surface area contributed by atoms with E-state index in [-0.39, 0.29) is 16.5 Å². The molecular formula is C21H23N3O3S. The Hall–Kier alpha value is -3.06. The van der Waals surface area contributed by atoms with Gasteiger partial charge in [-0.25, -0.2) is 13.4 Å². The molecule has 7 heteroatoms. The number of anilines is 2. The van der Waals surface area contributed by atoms with Crippen LogP contribution in [0.3, 0.4) is 0 Å². The fraction of sp³-hybridized carbons (Fsp3) is 0.190. The van der Waals surface area contributed by atoms with Crippen LogP contribution < -0.4 is 14.8 Å². The van der Waals surface area contributed by atoms with Crippen molar-refractivity contribution in [1.82, 2.24) is 4.98 Å². The molecule has 0 aliphatic heterocycles. The minimum absolute atomic E-state index is 0.0820. The first kappa shape index (κ1) is 19.7. The molecule has 0 unspecified atom stereocenters. The van der Waals surface area contributed by atoms with E-state index < -0.39 is 10.0 Å². The van der Waals surface area contributed by atoms with Crippen molar-refractivity contribution in [1.29, 1.82) is 0 Å². The number of rotatable bonds is 7. The summed E-state index contributed by atoms with van der Waals surface area (Å²) in [6.07, 6.45) is 1.60. The highest BCUT2D eigenvalue weighted by atomic mass is 32.2. The number of benzene rings is 2. The molecule has 2 aromatic carbocycles. The molecule has 28 heavy (non-hydrogen) atoms. The summed E-state index contributed by atoms with van der Waals surface area (Å²) >= 11 is 0. The van der Waals surface area contributed by atoms with Crippen molar-refractivity contribution in [2.75, 3.05) is 17.1 Å². The van der Waals surface area contributed by atoms with Crippen molar-refractivity contribution >= 4 is 21.5 Å². The van der Waals surface area contributed by atoms with Crippen LogP contribution in [-0.2, 0) is 16.6 Å². The Kier molecular flexibility index (Phi) is 5.84. The molecule has 0 radical (unpaired) electrons. The third kappa shape index (κ3) is 4.61. The molecule has 0 aliphatic carbocycles. The molecule has 0 fully saturated rings. The smallest absolute Gasteiger partial charge is 0.266 e. The van der Waals surface area contributed by atoms with Crippen LogP contribution in [0.4, 0.5) is 11.5 Å². The summed E-state index contributed by atoms with van der Waals surface area (Å²) in [5, 5.41) is 3.29. The molecule has 3 aromatic rings. The summed E-state index contributed by atoms with van der Waals surface area (Å²) in [5.74, 6) is 0.527. The predicted molar refractivity (Wildman–Crippen MR) is 111 cm³/mol. The van der Waals surface area contributed by atoms with Gasteiger partial charge in [-0.2, -0.15) is 0 Å². The summed E-state index contributed by atoms with van der Waals surface area (Å²) in [4.78, 5) is 4.29. The second-order valence-electron chi connectivity index (χ2n) is 6.47. The van der Waals surface area contributed by atoms with Gasteiger partial charge in [0.1, 0.15) is 16.5 Å². The zero-order valence-electron chi connectivity index (χ0n) is 16.1. The highest BCUT2D eigenvalue weighted by molar-refractivity contribution is 7.92. The van der Waals surface area contributed by atoms with Gasteiger partial charge in [0.2, 0.25) is 0 Å². The van der Waals surface area contributed by atoms with Gasteiger partial charge in [-0.15, -0.1) is 0 Å². The fourth-order valence-electron chi connectivity index (χ4n) is 2.75. The van der Waals surface area contributed by atoms with Crippen LogP contribution in [0.5, 0.6) is 5.75 Å². The average molecular weight is 398 g/mol. The Morgan fingerprint density at radius 2 is 1.82 bits per heavy atom. The molecule has 1 aromatic heterocycles. The lowest BCUT2D eigenvalue weighted by Crippen LogP contribution is -2.15. The van der Waals surface area contributed by atoms with Gasteiger partial charge in [-0.05, 0) is 54.8 Å². The first-order chi connectivity index (χ1) is 13.4. The Labute approximate surface area is 165 Å². The molecule has 6 nitrogen and oxygen atoms in total. The molecule has 2 N–H and O–H groups in total. The van der Waals surface area contributed by atoms with E-state index in [1.165, 1.54) is 18.2 Å². The van der Waals surface area contributed by atoms with Crippen LogP contribution in [0.15, 0.2) is 65.7 Å². The summed E-state index contributed by atoms with van der Waals surface area (Å²) in [6, 6.07) is 16.5. The van der Waals surface area contributed by atoms with Crippen LogP contribution in [0, 0.1) is 13.8 Å². The summed E-state index contributed by atoms with van der Waals surface area (Å²) in [7, 11) is -2.37. The first-order valence-corrected chi connectivity index (χ1v) is 10.3. The molecule has 3 rings (SSSR count). The quantitative estimate of drug-likeness (QED) is 0.627. The number of aryl methyl sites for hydroxylation is 2. The number of aromatic nitrogens is 1. The number of methoxy groups -OCH3 is 1. The number of pyridine rings is 1. The van der Waals surface area contributed by atoms with E-state index in [4.69, 9.17) is 4.74 Å². The maximum absolute atomic E-state index is 12.7. The fourth-order valence-corrected chi connectivity index (χ4v) is 4.01. The van der Waals surface area contributed by atoms with Crippen molar-refractivity contribution in [2.24, 2.45) is 0 Å². The zero-order valence-corrected chi connectivity index (χ0v) is 16.9. The third-order valence-corrected chi connectivity index (χ3v) is 5.73. The van der Waals surface area contributed by atoms with E-state index in [1.807, 2.05) is 19.1 Å². The van der Waals surface area contributed by atoms with Crippen molar-refractivity contribution in [3.05, 3.63) is 77.5 Å². The number of nitrogens with one attached hydrogen (secondary N) is 2. The lowest BCUT2D eigenvalue weighted by molar-refractivity contribution is 0.402. The van der Waals surface area contributed by atoms with E-state index in [9.17, 15) is 8.42 Å². The summed E-state index contributed by atoms with van der Waals surface area (Å²) in [5.41, 5.74) is 4.03. The molecule has 146 valence electrons. The molecule has 0 aliphatic rings. The standard InChI is InChI=1S/C21H23N3O3S/c1-15-8-10-19(27-3)20(12-15)28(25,26)24-21-11-9-18(14-23-21)22-13-17-7-5-4-6-16(17)2/h4-12,14,22H,13H2,1-3H3,(H,23,24). The van der Waals surface area contributed by atoms with Crippen molar-refractivity contribution in [2.45, 2.75) is 25.3 Å². The van der Waals surface area contributed by atoms with Gasteiger partial charge in [0.15, 0.2) is 0 Å². The summed E-state index contributed by atoms with van der Waals surface area (Å²) < 4.78 is 33.1. The molecule has 0 amide bonds. The van der Waals surface area contributed by atoms with Crippen LogP contribution in [0.25, 0.3) is 0 Å². The van der Waals surface area contributed by atoms with E-state index >= 15 is 0 Å². The van der Waals surface area contributed by atoms with E-state index in [0.717, 1.165) is 11.3 Å². The number of nitrogens with zero attached hydrogens (tertiary/aromatic N) is 1. The van der Waals surface area contributed by atoms with Crippen molar-refractivity contribution in [3.63, 3.8) is 0 Å². The maximum Gasteiger partial charge on any atom is 0.266 e. The Bertz CT molecular complexity index is 1060. The number of ether oxygens (including phenoxy) is 1. The molecule has 0 bridgehead atoms. The van der Waals surface area contributed by atoms with Crippen LogP contribution in [0.2, 0.25) is 0 Å². The van der Waals surface area contributed by atoms with Gasteiger partial charge in [0, 0.05) is 6.54 Å². The normalized spacial score (nSPS) is 11.1. The van der Waals surface area contributed by atoms with E-state index in [1.54, 1.807) is 36.5 Å². The van der Waals surface area contributed by atoms with Gasteiger partial charge >= 0.3 is 0 Å². The predicted octanol–water partition coefficient (Wildman–Crippen LogP) is 4.12. The maximum atomic E-state index is 12.7. The van der Waals surface area contributed by atoms with Crippen molar-refractivity contribution in [3.8, 4) is 5.75 Å². The monoisotopic (exact) mass is 397 g/mol. The molecule has 0 saturated carbocycles. The highest BCUT2D eigenvalue weighted by Crippen LogP contribution is 2.26. The highest BCUT2D eigenvalue weighted by Gasteiger charge is 2.20. The van der Waals surface area contributed by atoms with Crippen LogP contribution in [0.1, 0.15) is 16.7 Å². The number of sulfonamides is 1. The van der Waals surface area contributed by atoms with Crippen molar-refractivity contribution < 1.29 is 13.2 Å². The van der Waals surface area contributed by atoms with Crippen LogP contribution in [-0.4, -0.2) is 20.5 Å². The largest absolute Gasteiger partial charge is 0.495 e. The van der Waals surface area contributed by atoms with E-state index in [2.05, 4.69) is 34.1 Å². The Balaban J connectivity index is 1.72. The summed E-state index contributed by atoms with van der Waals surface area (Å²) in [6.45, 7) is 4.55. The Morgan fingerprint density at radius 1 is 1.04 bits per heavy atom. The Morgan fingerprint density at radius 3 is 2.50 bits per heavy atom. The molecular weight excluding hydrogens is 374 g/mol. The minimum atomic E-state index is -3.81.